The van der Waals surface area contributed by atoms with Gasteiger partial charge >= 0.3 is 6.18 Å². The molecule has 3 aromatic rings. The second-order valence-electron chi connectivity index (χ2n) is 11.5. The monoisotopic (exact) mass is 547 g/mol. The number of benzene rings is 2. The van der Waals surface area contributed by atoms with Gasteiger partial charge in [0.25, 0.3) is 0 Å². The topological polar surface area (TPSA) is 45.9 Å². The lowest BCUT2D eigenvalue weighted by molar-refractivity contribution is -0.137. The van der Waals surface area contributed by atoms with Crippen LogP contribution in [0.4, 0.5) is 13.2 Å². The van der Waals surface area contributed by atoms with Gasteiger partial charge < -0.3 is 14.2 Å². The number of nitrogens with zero attached hydrogens (tertiary/aromatic N) is 5. The van der Waals surface area contributed by atoms with Crippen LogP contribution < -0.4 is 4.74 Å². The smallest absolute Gasteiger partial charge is 0.416 e. The van der Waals surface area contributed by atoms with Crippen LogP contribution in [-0.2, 0) is 12.6 Å². The van der Waals surface area contributed by atoms with Gasteiger partial charge in [-0.25, -0.2) is 4.98 Å². The minimum absolute atomic E-state index is 0.0585. The zero-order valence-corrected chi connectivity index (χ0v) is 22.7. The van der Waals surface area contributed by atoms with E-state index in [1.807, 2.05) is 29.0 Å². The number of halogens is 3. The van der Waals surface area contributed by atoms with E-state index in [0.717, 1.165) is 72.9 Å². The molecule has 208 valence electrons. The summed E-state index contributed by atoms with van der Waals surface area (Å²) in [6, 6.07) is 9.89. The quantitative estimate of drug-likeness (QED) is 0.380. The largest absolute Gasteiger partial charge is 0.491 e. The molecule has 6 nitrogen and oxygen atoms in total. The molecule has 1 atom stereocenters. The number of piperidine rings is 1. The van der Waals surface area contributed by atoms with Gasteiger partial charge in [-0.2, -0.15) is 18.3 Å². The lowest BCUT2D eigenvalue weighted by atomic mass is 9.86. The molecule has 1 saturated carbocycles. The van der Waals surface area contributed by atoms with Gasteiger partial charge in [0.15, 0.2) is 5.84 Å². The van der Waals surface area contributed by atoms with Gasteiger partial charge in [-0.1, -0.05) is 18.2 Å². The van der Waals surface area contributed by atoms with Crippen molar-refractivity contribution in [2.75, 3.05) is 26.2 Å². The molecule has 0 N–H and O–H groups in total. The number of ether oxygens (including phenoxy) is 1. The number of fused-ring (bicyclic) bond motifs is 2. The first-order valence-electron chi connectivity index (χ1n) is 14.0. The van der Waals surface area contributed by atoms with Crippen molar-refractivity contribution >= 4 is 11.9 Å². The van der Waals surface area contributed by atoms with Crippen LogP contribution in [0.25, 0.3) is 11.8 Å². The summed E-state index contributed by atoms with van der Waals surface area (Å²) in [5, 5.41) is 7.12. The Morgan fingerprint density at radius 1 is 1.12 bits per heavy atom. The second kappa shape index (κ2) is 9.14. The highest BCUT2D eigenvalue weighted by Gasteiger charge is 2.51. The molecule has 2 fully saturated rings. The summed E-state index contributed by atoms with van der Waals surface area (Å²) in [7, 11) is 0. The second-order valence-corrected chi connectivity index (χ2v) is 11.5. The number of hydrazone groups is 1. The molecular weight excluding hydrogens is 515 g/mol. The molecule has 0 bridgehead atoms. The molecule has 1 aromatic heterocycles. The first-order chi connectivity index (χ1) is 19.2. The third-order valence-corrected chi connectivity index (χ3v) is 8.77. The van der Waals surface area contributed by atoms with E-state index in [4.69, 9.17) is 9.84 Å². The molecule has 3 aliphatic heterocycles. The normalized spacial score (nSPS) is 22.3. The standard InChI is InChI=1S/C31H32F3N5O/c1-3-38-17-27(21-4-7-24(8-5-21)31(32,33)34)39-18-30(11-12-30)15-23(29(39)36-38)14-22-6-9-26(28-25(22)10-13-40-28)37-16-20(2)35-19-37/h4-9,14,16,19,27H,3,10-13,15,17-18H2,1-2H3. The summed E-state index contributed by atoms with van der Waals surface area (Å²) in [6.07, 6.45) is 5.87. The van der Waals surface area contributed by atoms with Crippen molar-refractivity contribution < 1.29 is 17.9 Å². The van der Waals surface area contributed by atoms with Crippen molar-refractivity contribution in [2.24, 2.45) is 10.5 Å². The summed E-state index contributed by atoms with van der Waals surface area (Å²) in [6.45, 7) is 6.95. The SMILES string of the molecule is CCN1CC(c2ccc(C(F)(F)F)cc2)N2CC3(CC3)CC(=Cc3ccc(-n4cnc(C)c4)c4c3CCO4)C2=N1. The maximum Gasteiger partial charge on any atom is 0.416 e. The summed E-state index contributed by atoms with van der Waals surface area (Å²) in [5.41, 5.74) is 5.96. The molecule has 9 heteroatoms. The van der Waals surface area contributed by atoms with Crippen LogP contribution in [0.3, 0.4) is 0 Å². The van der Waals surface area contributed by atoms with Gasteiger partial charge in [0, 0.05) is 31.3 Å². The fourth-order valence-electron chi connectivity index (χ4n) is 6.40. The van der Waals surface area contributed by atoms with Crippen LogP contribution in [0.2, 0.25) is 0 Å². The number of amidine groups is 1. The molecule has 2 aromatic carbocycles. The minimum Gasteiger partial charge on any atom is -0.491 e. The van der Waals surface area contributed by atoms with Crippen molar-refractivity contribution in [3.8, 4) is 11.4 Å². The Morgan fingerprint density at radius 3 is 2.60 bits per heavy atom. The summed E-state index contributed by atoms with van der Waals surface area (Å²) < 4.78 is 48.0. The van der Waals surface area contributed by atoms with E-state index in [0.29, 0.717) is 13.2 Å². The predicted octanol–water partition coefficient (Wildman–Crippen LogP) is 6.39. The first kappa shape index (κ1) is 25.2. The number of aromatic nitrogens is 2. The molecule has 0 radical (unpaired) electrons. The molecule has 1 spiro atoms. The first-order valence-corrected chi connectivity index (χ1v) is 14.0. The van der Waals surface area contributed by atoms with E-state index < -0.39 is 11.7 Å². The molecule has 0 amide bonds. The van der Waals surface area contributed by atoms with Gasteiger partial charge in [-0.3, -0.25) is 5.01 Å². The molecule has 40 heavy (non-hydrogen) atoms. The zero-order chi connectivity index (χ0) is 27.6. The van der Waals surface area contributed by atoms with Crippen molar-refractivity contribution in [3.05, 3.63) is 82.4 Å². The van der Waals surface area contributed by atoms with Crippen LogP contribution in [-0.4, -0.2) is 51.5 Å². The van der Waals surface area contributed by atoms with Crippen LogP contribution in [0.5, 0.6) is 5.75 Å². The summed E-state index contributed by atoms with van der Waals surface area (Å²) >= 11 is 0. The van der Waals surface area contributed by atoms with E-state index in [1.54, 1.807) is 12.1 Å². The number of aryl methyl sites for hydroxylation is 1. The van der Waals surface area contributed by atoms with E-state index in [9.17, 15) is 13.2 Å². The highest BCUT2D eigenvalue weighted by atomic mass is 19.4. The van der Waals surface area contributed by atoms with Crippen molar-refractivity contribution in [1.29, 1.82) is 0 Å². The molecule has 1 unspecified atom stereocenters. The molecular formula is C31H32F3N5O. The highest BCUT2D eigenvalue weighted by molar-refractivity contribution is 6.03. The third kappa shape index (κ3) is 4.35. The average molecular weight is 548 g/mol. The minimum atomic E-state index is -4.34. The Morgan fingerprint density at radius 2 is 1.93 bits per heavy atom. The van der Waals surface area contributed by atoms with Gasteiger partial charge in [0.2, 0.25) is 0 Å². The lowest BCUT2D eigenvalue weighted by Gasteiger charge is -2.47. The number of hydrogen-bond donors (Lipinski definition) is 0. The number of rotatable bonds is 4. The van der Waals surface area contributed by atoms with E-state index in [2.05, 4.69) is 35.0 Å². The number of alkyl halides is 3. The fourth-order valence-corrected chi connectivity index (χ4v) is 6.40. The van der Waals surface area contributed by atoms with Crippen molar-refractivity contribution in [2.45, 2.75) is 51.7 Å². The third-order valence-electron chi connectivity index (χ3n) is 8.77. The Bertz CT molecular complexity index is 1520. The molecule has 4 aliphatic rings. The Balaban J connectivity index is 1.28. The Labute approximate surface area is 231 Å². The van der Waals surface area contributed by atoms with E-state index in [-0.39, 0.29) is 11.5 Å². The van der Waals surface area contributed by atoms with Gasteiger partial charge in [-0.15, -0.1) is 0 Å². The van der Waals surface area contributed by atoms with Crippen molar-refractivity contribution in [1.82, 2.24) is 19.5 Å². The molecule has 1 saturated heterocycles. The fraction of sp³-hybridized carbons (Fsp3) is 0.419. The highest BCUT2D eigenvalue weighted by Crippen LogP contribution is 2.56. The number of hydrogen-bond acceptors (Lipinski definition) is 5. The zero-order valence-electron chi connectivity index (χ0n) is 22.7. The maximum atomic E-state index is 13.3. The van der Waals surface area contributed by atoms with Gasteiger partial charge in [-0.05, 0) is 79.5 Å². The maximum absolute atomic E-state index is 13.3. The lowest BCUT2D eigenvalue weighted by Crippen LogP contribution is -2.51. The Hall–Kier alpha value is -3.75. The summed E-state index contributed by atoms with van der Waals surface area (Å²) in [5.74, 6) is 1.85. The van der Waals surface area contributed by atoms with Gasteiger partial charge in [0.05, 0.1) is 42.5 Å². The average Bonchev–Trinajstić information content (AvgIpc) is 3.29. The van der Waals surface area contributed by atoms with Crippen LogP contribution in [0.15, 0.2) is 59.6 Å². The van der Waals surface area contributed by atoms with Crippen molar-refractivity contribution in [3.63, 3.8) is 0 Å². The summed E-state index contributed by atoms with van der Waals surface area (Å²) in [4.78, 5) is 6.74. The molecule has 4 heterocycles. The number of imidazole rings is 1. The van der Waals surface area contributed by atoms with Crippen LogP contribution in [0, 0.1) is 12.3 Å². The van der Waals surface area contributed by atoms with Gasteiger partial charge in [0.1, 0.15) is 5.75 Å². The van der Waals surface area contributed by atoms with Crippen LogP contribution >= 0.6 is 0 Å². The number of likely N-dealkylation sites (N-methyl/N-ethyl adjacent to an activating group) is 1. The van der Waals surface area contributed by atoms with E-state index >= 15 is 0 Å². The molecule has 1 aliphatic carbocycles. The van der Waals surface area contributed by atoms with E-state index in [1.165, 1.54) is 23.3 Å². The molecule has 7 rings (SSSR count). The van der Waals surface area contributed by atoms with Crippen LogP contribution in [0.1, 0.15) is 60.2 Å². The predicted molar refractivity (Wildman–Crippen MR) is 147 cm³/mol. The Kier molecular flexibility index (Phi) is 5.77.